The Bertz CT molecular complexity index is 623. The predicted molar refractivity (Wildman–Crippen MR) is 102 cm³/mol. The van der Waals surface area contributed by atoms with Crippen LogP contribution in [0.2, 0.25) is 0 Å². The fourth-order valence-electron chi connectivity index (χ4n) is 2.40. The third-order valence-corrected chi connectivity index (χ3v) is 4.75. The molecule has 1 aromatic carbocycles. The van der Waals surface area contributed by atoms with Gasteiger partial charge in [0.15, 0.2) is 5.96 Å². The molecule has 1 heterocycles. The Balaban J connectivity index is 1.89. The predicted octanol–water partition coefficient (Wildman–Crippen LogP) is 2.51. The zero-order valence-electron chi connectivity index (χ0n) is 14.5. The second kappa shape index (κ2) is 9.30. The second-order valence-electron chi connectivity index (χ2n) is 5.73. The highest BCUT2D eigenvalue weighted by molar-refractivity contribution is 7.09. The number of hydrogen-bond acceptors (Lipinski definition) is 4. The number of aliphatic imine (C=N–C) groups is 1. The van der Waals surface area contributed by atoms with Crippen molar-refractivity contribution in [2.45, 2.75) is 12.5 Å². The Kier molecular flexibility index (Phi) is 7.08. The van der Waals surface area contributed by atoms with Crippen LogP contribution in [0.1, 0.15) is 16.5 Å². The van der Waals surface area contributed by atoms with Gasteiger partial charge in [0, 0.05) is 11.4 Å². The van der Waals surface area contributed by atoms with Gasteiger partial charge in [-0.3, -0.25) is 4.99 Å². The average Bonchev–Trinajstić information content (AvgIpc) is 3.08. The molecular weight excluding hydrogens is 320 g/mol. The molecule has 5 nitrogen and oxygen atoms in total. The first-order chi connectivity index (χ1) is 11.6. The molecule has 0 aliphatic rings. The Morgan fingerprint density at radius 1 is 1.29 bits per heavy atom. The van der Waals surface area contributed by atoms with E-state index < -0.39 is 0 Å². The van der Waals surface area contributed by atoms with Crippen LogP contribution in [0.4, 0.5) is 0 Å². The highest BCUT2D eigenvalue weighted by Gasteiger charge is 2.13. The third-order valence-electron chi connectivity index (χ3n) is 3.82. The fraction of sp³-hybridized carbons (Fsp3) is 0.389. The SMILES string of the molecule is COc1ccc(C(CN=C(N)NCCc2cccs2)N(C)C)cc1. The van der Waals surface area contributed by atoms with Crippen LogP contribution in [0.3, 0.4) is 0 Å². The van der Waals surface area contributed by atoms with E-state index in [0.717, 1.165) is 18.7 Å². The van der Waals surface area contributed by atoms with Crippen molar-refractivity contribution in [2.24, 2.45) is 10.7 Å². The lowest BCUT2D eigenvalue weighted by Crippen LogP contribution is -2.34. The first kappa shape index (κ1) is 18.3. The maximum absolute atomic E-state index is 5.99. The van der Waals surface area contributed by atoms with Crippen molar-refractivity contribution in [1.82, 2.24) is 10.2 Å². The van der Waals surface area contributed by atoms with Crippen molar-refractivity contribution in [2.75, 3.05) is 34.3 Å². The summed E-state index contributed by atoms with van der Waals surface area (Å²) >= 11 is 1.76. The van der Waals surface area contributed by atoms with Gasteiger partial charge in [-0.05, 0) is 49.7 Å². The molecule has 2 aromatic rings. The molecule has 0 saturated carbocycles. The normalized spacial score (nSPS) is 13.1. The molecule has 130 valence electrons. The van der Waals surface area contributed by atoms with Gasteiger partial charge in [0.1, 0.15) is 5.75 Å². The molecule has 2 rings (SSSR count). The van der Waals surface area contributed by atoms with E-state index in [1.54, 1.807) is 18.4 Å². The topological polar surface area (TPSA) is 62.9 Å². The maximum Gasteiger partial charge on any atom is 0.188 e. The standard InChI is InChI=1S/C18H26N4OS/c1-22(2)17(14-6-8-15(23-3)9-7-14)13-21-18(19)20-11-10-16-5-4-12-24-16/h4-9,12,17H,10-11,13H2,1-3H3,(H3,19,20,21). The fourth-order valence-corrected chi connectivity index (χ4v) is 3.11. The molecule has 24 heavy (non-hydrogen) atoms. The number of thiophene rings is 1. The van der Waals surface area contributed by atoms with Gasteiger partial charge in [0.05, 0.1) is 19.7 Å². The van der Waals surface area contributed by atoms with Crippen LogP contribution in [-0.2, 0) is 6.42 Å². The van der Waals surface area contributed by atoms with Crippen molar-refractivity contribution in [1.29, 1.82) is 0 Å². The van der Waals surface area contributed by atoms with E-state index in [1.165, 1.54) is 10.4 Å². The number of benzene rings is 1. The van der Waals surface area contributed by atoms with Gasteiger partial charge in [0.2, 0.25) is 0 Å². The zero-order valence-corrected chi connectivity index (χ0v) is 15.3. The van der Waals surface area contributed by atoms with Crippen molar-refractivity contribution < 1.29 is 4.74 Å². The molecule has 1 atom stereocenters. The Labute approximate surface area is 148 Å². The van der Waals surface area contributed by atoms with Crippen LogP contribution < -0.4 is 15.8 Å². The minimum atomic E-state index is 0.175. The molecular formula is C18H26N4OS. The lowest BCUT2D eigenvalue weighted by atomic mass is 10.1. The summed E-state index contributed by atoms with van der Waals surface area (Å²) in [5, 5.41) is 5.27. The van der Waals surface area contributed by atoms with Crippen molar-refractivity contribution in [3.05, 3.63) is 52.2 Å². The first-order valence-corrected chi connectivity index (χ1v) is 8.84. The summed E-state index contributed by atoms with van der Waals surface area (Å²) in [5.74, 6) is 1.35. The minimum Gasteiger partial charge on any atom is -0.497 e. The Morgan fingerprint density at radius 3 is 2.62 bits per heavy atom. The van der Waals surface area contributed by atoms with Crippen LogP contribution in [0.15, 0.2) is 46.8 Å². The summed E-state index contributed by atoms with van der Waals surface area (Å²) in [4.78, 5) is 7.99. The van der Waals surface area contributed by atoms with Gasteiger partial charge in [-0.2, -0.15) is 0 Å². The van der Waals surface area contributed by atoms with Crippen molar-refractivity contribution in [3.63, 3.8) is 0 Å². The summed E-state index contributed by atoms with van der Waals surface area (Å²) < 4.78 is 5.21. The summed E-state index contributed by atoms with van der Waals surface area (Å²) in [6, 6.07) is 12.4. The van der Waals surface area contributed by atoms with E-state index in [4.69, 9.17) is 10.5 Å². The van der Waals surface area contributed by atoms with E-state index in [0.29, 0.717) is 12.5 Å². The smallest absolute Gasteiger partial charge is 0.188 e. The minimum absolute atomic E-state index is 0.175. The third kappa shape index (κ3) is 5.54. The molecule has 1 unspecified atom stereocenters. The maximum atomic E-state index is 5.99. The van der Waals surface area contributed by atoms with Gasteiger partial charge in [0.25, 0.3) is 0 Å². The van der Waals surface area contributed by atoms with E-state index >= 15 is 0 Å². The highest BCUT2D eigenvalue weighted by Crippen LogP contribution is 2.21. The summed E-state index contributed by atoms with van der Waals surface area (Å²) in [5.41, 5.74) is 7.18. The number of nitrogens with one attached hydrogen (secondary N) is 1. The lowest BCUT2D eigenvalue weighted by Gasteiger charge is -2.23. The number of methoxy groups -OCH3 is 1. The summed E-state index contributed by atoms with van der Waals surface area (Å²) in [6.45, 7) is 1.40. The van der Waals surface area contributed by atoms with Gasteiger partial charge in [-0.15, -0.1) is 11.3 Å². The zero-order chi connectivity index (χ0) is 17.4. The monoisotopic (exact) mass is 346 g/mol. The quantitative estimate of drug-likeness (QED) is 0.569. The number of nitrogens with zero attached hydrogens (tertiary/aromatic N) is 2. The molecule has 0 amide bonds. The highest BCUT2D eigenvalue weighted by atomic mass is 32.1. The van der Waals surface area contributed by atoms with Gasteiger partial charge in [-0.25, -0.2) is 0 Å². The van der Waals surface area contributed by atoms with Crippen LogP contribution in [-0.4, -0.2) is 45.2 Å². The van der Waals surface area contributed by atoms with Crippen molar-refractivity contribution in [3.8, 4) is 5.75 Å². The Hall–Kier alpha value is -2.05. The van der Waals surface area contributed by atoms with Crippen LogP contribution >= 0.6 is 11.3 Å². The number of nitrogens with two attached hydrogens (primary N) is 1. The van der Waals surface area contributed by atoms with E-state index in [2.05, 4.69) is 44.9 Å². The number of likely N-dealkylation sites (N-methyl/N-ethyl adjacent to an activating group) is 1. The first-order valence-electron chi connectivity index (χ1n) is 7.96. The van der Waals surface area contributed by atoms with E-state index in [-0.39, 0.29) is 6.04 Å². The molecule has 0 fully saturated rings. The molecule has 0 saturated heterocycles. The van der Waals surface area contributed by atoms with Gasteiger partial charge >= 0.3 is 0 Å². The molecule has 1 aromatic heterocycles. The van der Waals surface area contributed by atoms with Crippen LogP contribution in [0.25, 0.3) is 0 Å². The molecule has 0 aliphatic heterocycles. The lowest BCUT2D eigenvalue weighted by molar-refractivity contribution is 0.306. The number of rotatable bonds is 8. The number of hydrogen-bond donors (Lipinski definition) is 2. The van der Waals surface area contributed by atoms with Gasteiger partial charge in [-0.1, -0.05) is 18.2 Å². The largest absolute Gasteiger partial charge is 0.497 e. The molecule has 3 N–H and O–H groups in total. The van der Waals surface area contributed by atoms with Crippen molar-refractivity contribution >= 4 is 17.3 Å². The van der Waals surface area contributed by atoms with Gasteiger partial charge < -0.3 is 20.7 Å². The van der Waals surface area contributed by atoms with Crippen LogP contribution in [0.5, 0.6) is 5.75 Å². The molecule has 0 bridgehead atoms. The summed E-state index contributed by atoms with van der Waals surface area (Å²) in [7, 11) is 5.76. The molecule has 6 heteroatoms. The van der Waals surface area contributed by atoms with Crippen LogP contribution in [0, 0.1) is 0 Å². The average molecular weight is 347 g/mol. The molecule has 0 spiro atoms. The Morgan fingerprint density at radius 2 is 2.04 bits per heavy atom. The van der Waals surface area contributed by atoms with E-state index in [9.17, 15) is 0 Å². The number of ether oxygens (including phenoxy) is 1. The molecule has 0 aliphatic carbocycles. The molecule has 0 radical (unpaired) electrons. The van der Waals surface area contributed by atoms with E-state index in [1.807, 2.05) is 26.2 Å². The number of guanidine groups is 1. The summed E-state index contributed by atoms with van der Waals surface area (Å²) in [6.07, 6.45) is 0.962. The second-order valence-corrected chi connectivity index (χ2v) is 6.77.